The molecular weight excluding hydrogens is 945 g/mol. The first kappa shape index (κ1) is 47.7. The van der Waals surface area contributed by atoms with Gasteiger partial charge in [-0.3, -0.25) is 23.1 Å². The number of nitrogens with two attached hydrogens (primary N) is 1. The third-order valence-electron chi connectivity index (χ3n) is 8.45. The summed E-state index contributed by atoms with van der Waals surface area (Å²) < 4.78 is 165. The maximum Gasteiger partial charge on any atom is 0.433 e. The second kappa shape index (κ2) is 18.2. The second-order valence-corrected chi connectivity index (χ2v) is 20.7. The molecule has 0 radical (unpaired) electrons. The lowest BCUT2D eigenvalue weighted by molar-refractivity contribution is -0.135. The van der Waals surface area contributed by atoms with E-state index < -0.39 is 94.0 Å². The van der Waals surface area contributed by atoms with E-state index in [1.807, 2.05) is 0 Å². The molecule has 330 valence electrons. The molecule has 0 spiro atoms. The number of phenols is 1. The lowest BCUT2D eigenvalue weighted by Gasteiger charge is -2.15. The van der Waals surface area contributed by atoms with Gasteiger partial charge in [0.1, 0.15) is 37.4 Å². The summed E-state index contributed by atoms with van der Waals surface area (Å²) in [5.74, 6) is -1.21. The second-order valence-electron chi connectivity index (χ2n) is 12.5. The number of thioether (sulfide) groups is 1. The molecule has 0 saturated heterocycles. The molecular formula is C33H30N6O17S6. The summed E-state index contributed by atoms with van der Waals surface area (Å²) in [5.41, 5.74) is 4.01. The van der Waals surface area contributed by atoms with Crippen LogP contribution in [0.3, 0.4) is 0 Å². The van der Waals surface area contributed by atoms with Crippen LogP contribution in [0.2, 0.25) is 0 Å². The fourth-order valence-electron chi connectivity index (χ4n) is 5.48. The number of nitrogens with zero attached hydrogens (tertiary/aromatic N) is 5. The van der Waals surface area contributed by atoms with Gasteiger partial charge < -0.3 is 10.8 Å². The van der Waals surface area contributed by atoms with Crippen molar-refractivity contribution in [2.45, 2.75) is 32.9 Å². The number of rotatable bonds is 15. The summed E-state index contributed by atoms with van der Waals surface area (Å²) in [4.78, 5) is 1.25. The van der Waals surface area contributed by atoms with Gasteiger partial charge in [-0.1, -0.05) is 31.2 Å². The van der Waals surface area contributed by atoms with E-state index in [0.29, 0.717) is 17.3 Å². The number of sulfonamides is 1. The van der Waals surface area contributed by atoms with E-state index >= 15 is 0 Å². The molecule has 5 aromatic carbocycles. The average Bonchev–Trinajstić information content (AvgIpc) is 3.17. The van der Waals surface area contributed by atoms with Crippen molar-refractivity contribution >= 4 is 113 Å². The zero-order chi connectivity index (χ0) is 46.0. The molecule has 0 aliphatic rings. The van der Waals surface area contributed by atoms with Gasteiger partial charge >= 0.3 is 10.4 Å². The van der Waals surface area contributed by atoms with Gasteiger partial charge in [-0.25, -0.2) is 12.7 Å². The zero-order valence-electron chi connectivity index (χ0n) is 31.4. The number of fused-ring (bicyclic) bond motifs is 2. The Balaban J connectivity index is 1.57. The van der Waals surface area contributed by atoms with Crippen LogP contribution in [-0.2, 0) is 66.4 Å². The summed E-state index contributed by atoms with van der Waals surface area (Å²) >= 11 is 0.549. The Bertz CT molecular complexity index is 3340. The van der Waals surface area contributed by atoms with Gasteiger partial charge in [0, 0.05) is 39.9 Å². The fourth-order valence-corrected chi connectivity index (χ4v) is 9.52. The van der Waals surface area contributed by atoms with E-state index in [1.54, 1.807) is 13.0 Å². The Hall–Kier alpha value is -5.36. The minimum absolute atomic E-state index is 0.0243. The van der Waals surface area contributed by atoms with Crippen molar-refractivity contribution in [3.8, 4) is 17.1 Å². The molecule has 0 saturated carbocycles. The van der Waals surface area contributed by atoms with Crippen LogP contribution in [0.4, 0.5) is 28.4 Å². The van der Waals surface area contributed by atoms with Crippen molar-refractivity contribution in [2.24, 2.45) is 20.5 Å². The largest absolute Gasteiger partial charge is 0.505 e. The highest BCUT2D eigenvalue weighted by Gasteiger charge is 2.26. The zero-order valence-corrected chi connectivity index (χ0v) is 36.3. The standard InChI is InChI=1S/C33H30N6O17S6/c1-3-39(2)58(41,42)15-12-19-4-7-22-20(16-19)5-10-27(33(22)61(49,50)51)36-38-31-29(60(46,47)48)18-24-23(32(31)40)8-9-25(34)30(24)37-35-26-11-6-21(17-28(26)59(43,44)45)57-14-13-55-56-62(52,53)54/h4-11,16-18,40H,3,12,15,34H2,1-2H3,(H,43,44,45)(H,46,47,48)(H,49,50,51)(H,52,53,54). The number of anilines is 1. The van der Waals surface area contributed by atoms with Crippen LogP contribution in [-0.4, -0.2) is 89.1 Å². The van der Waals surface area contributed by atoms with Crippen molar-refractivity contribution < 1.29 is 74.6 Å². The molecule has 23 nitrogen and oxygen atoms in total. The lowest BCUT2D eigenvalue weighted by Crippen LogP contribution is -2.29. The summed E-state index contributed by atoms with van der Waals surface area (Å²) in [7, 11) is -22.6. The number of nitrogen functional groups attached to an aromatic ring is 1. The van der Waals surface area contributed by atoms with Gasteiger partial charge in [-0.05, 0) is 75.9 Å². The van der Waals surface area contributed by atoms with E-state index in [0.717, 1.165) is 24.3 Å². The molecule has 0 heterocycles. The molecule has 0 aliphatic carbocycles. The van der Waals surface area contributed by atoms with Crippen molar-refractivity contribution in [1.29, 1.82) is 0 Å². The molecule has 5 rings (SSSR count). The first-order valence-electron chi connectivity index (χ1n) is 16.7. The van der Waals surface area contributed by atoms with Crippen LogP contribution < -0.4 is 5.73 Å². The van der Waals surface area contributed by atoms with Crippen LogP contribution in [0.15, 0.2) is 107 Å². The van der Waals surface area contributed by atoms with E-state index in [9.17, 15) is 60.9 Å². The molecule has 29 heteroatoms. The molecule has 0 aromatic heterocycles. The highest BCUT2D eigenvalue weighted by molar-refractivity contribution is 8.04. The molecule has 0 fully saturated rings. The lowest BCUT2D eigenvalue weighted by atomic mass is 10.0. The Morgan fingerprint density at radius 2 is 1.34 bits per heavy atom. The van der Waals surface area contributed by atoms with Crippen molar-refractivity contribution in [3.63, 3.8) is 0 Å². The first-order chi connectivity index (χ1) is 28.7. The molecule has 5 aromatic rings. The van der Waals surface area contributed by atoms with Gasteiger partial charge in [0.05, 0.1) is 11.4 Å². The molecule has 0 unspecified atom stereocenters. The number of azo groups is 2. The van der Waals surface area contributed by atoms with Gasteiger partial charge in [0.15, 0.2) is 11.9 Å². The predicted octanol–water partition coefficient (Wildman–Crippen LogP) is 5.44. The number of phenolic OH excluding ortho intramolecular Hbond substituents is 1. The van der Waals surface area contributed by atoms with Gasteiger partial charge in [-0.15, -0.1) is 20.5 Å². The van der Waals surface area contributed by atoms with Gasteiger partial charge in [0.2, 0.25) is 10.0 Å². The molecule has 0 atom stereocenters. The molecule has 7 N–H and O–H groups in total. The third kappa shape index (κ3) is 11.4. The van der Waals surface area contributed by atoms with Crippen LogP contribution in [0.5, 0.6) is 5.75 Å². The molecule has 0 bridgehead atoms. The maximum atomic E-state index is 12.7. The molecule has 0 aliphatic heterocycles. The normalized spacial score (nSPS) is 13.0. The fraction of sp³-hybridized carbons (Fsp3) is 0.152. The molecule has 0 amide bonds. The number of aromatic hydroxyl groups is 1. The van der Waals surface area contributed by atoms with Crippen molar-refractivity contribution in [3.05, 3.63) is 72.3 Å². The van der Waals surface area contributed by atoms with E-state index in [-0.39, 0.29) is 50.8 Å². The van der Waals surface area contributed by atoms with Crippen molar-refractivity contribution in [2.75, 3.05) is 25.1 Å². The number of benzene rings is 5. The Morgan fingerprint density at radius 3 is 1.97 bits per heavy atom. The Kier molecular flexibility index (Phi) is 14.0. The summed E-state index contributed by atoms with van der Waals surface area (Å²) in [6, 6.07) is 12.9. The smallest absolute Gasteiger partial charge is 0.433 e. The van der Waals surface area contributed by atoms with Gasteiger partial charge in [-0.2, -0.15) is 33.7 Å². The highest BCUT2D eigenvalue weighted by Crippen LogP contribution is 2.46. The Morgan fingerprint density at radius 1 is 0.710 bits per heavy atom. The number of hydrogen-bond donors (Lipinski definition) is 6. The van der Waals surface area contributed by atoms with E-state index in [4.69, 9.17) is 10.3 Å². The highest BCUT2D eigenvalue weighted by atomic mass is 32.3. The number of aryl methyl sites for hydroxylation is 1. The topological polar surface area (TPSA) is 369 Å². The third-order valence-corrected chi connectivity index (χ3v) is 14.0. The van der Waals surface area contributed by atoms with Crippen LogP contribution >= 0.6 is 11.8 Å². The maximum absolute atomic E-state index is 12.7. The number of hydrogen-bond acceptors (Lipinski definition) is 19. The van der Waals surface area contributed by atoms with Crippen LogP contribution in [0.25, 0.3) is 21.5 Å². The minimum Gasteiger partial charge on any atom is -0.505 e. The van der Waals surface area contributed by atoms with Crippen LogP contribution in [0, 0.1) is 11.4 Å². The average molecular weight is 975 g/mol. The monoisotopic (exact) mass is 974 g/mol. The molecule has 62 heavy (non-hydrogen) atoms. The first-order valence-corrected chi connectivity index (χ1v) is 24.8. The summed E-state index contributed by atoms with van der Waals surface area (Å²) in [6.45, 7) is 1.92. The quantitative estimate of drug-likeness (QED) is 0.0145. The van der Waals surface area contributed by atoms with E-state index in [1.165, 1.54) is 53.8 Å². The van der Waals surface area contributed by atoms with E-state index in [2.05, 4.69) is 34.9 Å². The summed E-state index contributed by atoms with van der Waals surface area (Å²) in [6.07, 6.45) is 1.80. The van der Waals surface area contributed by atoms with Gasteiger partial charge in [0.25, 0.3) is 30.4 Å². The Labute approximate surface area is 357 Å². The summed E-state index contributed by atoms with van der Waals surface area (Å²) in [5, 5.41) is 28.4. The van der Waals surface area contributed by atoms with Crippen molar-refractivity contribution in [1.82, 2.24) is 4.31 Å². The SMILES string of the molecule is CCN(C)S(=O)(=O)CCc1ccc2c(S(=O)(=O)O)c(N=Nc3c(S(=O)(=O)O)cc4c(N=Nc5ccc(SC#COOS(=O)(=O)O)cc5S(=O)(=O)O)c(N)ccc4c3O)ccc2c1. The minimum atomic E-state index is -5.32. The van der Waals surface area contributed by atoms with Crippen LogP contribution in [0.1, 0.15) is 12.5 Å². The predicted molar refractivity (Wildman–Crippen MR) is 221 cm³/mol.